The number of nitrogen functional groups attached to an aromatic ring is 1. The Bertz CT molecular complexity index is 564. The lowest BCUT2D eigenvalue weighted by Gasteiger charge is -2.25. The second-order valence-corrected chi connectivity index (χ2v) is 7.22. The van der Waals surface area contributed by atoms with Gasteiger partial charge in [-0.3, -0.25) is 0 Å². The zero-order chi connectivity index (χ0) is 15.3. The Hall–Kier alpha value is -1.27. The molecule has 0 atom stereocenters. The third-order valence-electron chi connectivity index (χ3n) is 3.70. The molecule has 0 amide bonds. The first kappa shape index (κ1) is 16.1. The number of hydrogen-bond donors (Lipinski definition) is 1. The first-order valence-corrected chi connectivity index (χ1v) is 9.02. The number of benzene rings is 1. The van der Waals surface area contributed by atoms with Crippen LogP contribution in [-0.4, -0.2) is 32.4 Å². The van der Waals surface area contributed by atoms with Gasteiger partial charge in [0.15, 0.2) is 0 Å². The quantitative estimate of drug-likeness (QED) is 0.867. The maximum Gasteiger partial charge on any atom is 0.246 e. The molecule has 6 heteroatoms. The van der Waals surface area contributed by atoms with Gasteiger partial charge in [0.1, 0.15) is 10.6 Å². The van der Waals surface area contributed by atoms with Crippen molar-refractivity contribution in [2.24, 2.45) is 0 Å². The second-order valence-electron chi connectivity index (χ2n) is 5.31. The molecule has 5 nitrogen and oxygen atoms in total. The standard InChI is InChI=1S/C15H24N2O3S/c1-2-20-14-9-8-13(16)12-15(14)21(18,19)17-10-6-4-3-5-7-11-17/h8-9,12H,2-7,10-11,16H2,1H3. The van der Waals surface area contributed by atoms with E-state index in [1.807, 2.05) is 6.92 Å². The number of nitrogens with zero attached hydrogens (tertiary/aromatic N) is 1. The molecule has 1 aliphatic heterocycles. The first-order chi connectivity index (χ1) is 10.1. The van der Waals surface area contributed by atoms with Crippen molar-refractivity contribution >= 4 is 15.7 Å². The van der Waals surface area contributed by atoms with E-state index in [0.29, 0.717) is 31.1 Å². The van der Waals surface area contributed by atoms with E-state index in [0.717, 1.165) is 25.7 Å². The molecule has 0 aliphatic carbocycles. The number of hydrogen-bond acceptors (Lipinski definition) is 4. The SMILES string of the molecule is CCOc1ccc(N)cc1S(=O)(=O)N1CCCCCCC1. The van der Waals surface area contributed by atoms with Crippen LogP contribution in [0.4, 0.5) is 5.69 Å². The molecular formula is C15H24N2O3S. The zero-order valence-electron chi connectivity index (χ0n) is 12.5. The van der Waals surface area contributed by atoms with Gasteiger partial charge in [0.2, 0.25) is 10.0 Å². The summed E-state index contributed by atoms with van der Waals surface area (Å²) < 4.78 is 32.8. The maximum absolute atomic E-state index is 12.9. The highest BCUT2D eigenvalue weighted by Crippen LogP contribution is 2.30. The lowest BCUT2D eigenvalue weighted by atomic mass is 10.1. The van der Waals surface area contributed by atoms with E-state index < -0.39 is 10.0 Å². The number of sulfonamides is 1. The van der Waals surface area contributed by atoms with Crippen molar-refractivity contribution in [2.45, 2.75) is 43.9 Å². The van der Waals surface area contributed by atoms with Crippen molar-refractivity contribution < 1.29 is 13.2 Å². The van der Waals surface area contributed by atoms with Gasteiger partial charge >= 0.3 is 0 Å². The summed E-state index contributed by atoms with van der Waals surface area (Å²) in [6.45, 7) is 3.40. The topological polar surface area (TPSA) is 72.6 Å². The van der Waals surface area contributed by atoms with Crippen LogP contribution in [-0.2, 0) is 10.0 Å². The van der Waals surface area contributed by atoms with Gasteiger partial charge in [-0.2, -0.15) is 4.31 Å². The molecule has 21 heavy (non-hydrogen) atoms. The maximum atomic E-state index is 12.9. The highest BCUT2D eigenvalue weighted by atomic mass is 32.2. The zero-order valence-corrected chi connectivity index (χ0v) is 13.4. The van der Waals surface area contributed by atoms with Crippen molar-refractivity contribution in [2.75, 3.05) is 25.4 Å². The molecule has 1 aromatic rings. The van der Waals surface area contributed by atoms with Crippen LogP contribution in [0.2, 0.25) is 0 Å². The van der Waals surface area contributed by atoms with E-state index >= 15 is 0 Å². The Morgan fingerprint density at radius 3 is 2.38 bits per heavy atom. The summed E-state index contributed by atoms with van der Waals surface area (Å²) in [7, 11) is -3.55. The summed E-state index contributed by atoms with van der Waals surface area (Å²) in [6.07, 6.45) is 5.18. The number of anilines is 1. The fraction of sp³-hybridized carbons (Fsp3) is 0.600. The molecule has 2 rings (SSSR count). The summed E-state index contributed by atoms with van der Waals surface area (Å²) in [5.74, 6) is 0.383. The predicted octanol–water partition coefficient (Wildman–Crippen LogP) is 2.62. The monoisotopic (exact) mass is 312 g/mol. The lowest BCUT2D eigenvalue weighted by molar-refractivity contribution is 0.326. The highest BCUT2D eigenvalue weighted by Gasteiger charge is 2.28. The lowest BCUT2D eigenvalue weighted by Crippen LogP contribution is -2.34. The predicted molar refractivity (Wildman–Crippen MR) is 83.9 cm³/mol. The Balaban J connectivity index is 2.34. The van der Waals surface area contributed by atoms with Crippen LogP contribution in [0.15, 0.2) is 23.1 Å². The first-order valence-electron chi connectivity index (χ1n) is 7.58. The van der Waals surface area contributed by atoms with Crippen LogP contribution in [0, 0.1) is 0 Å². The van der Waals surface area contributed by atoms with Crippen LogP contribution in [0.3, 0.4) is 0 Å². The largest absolute Gasteiger partial charge is 0.492 e. The molecule has 0 spiro atoms. The van der Waals surface area contributed by atoms with Gasteiger partial charge in [-0.1, -0.05) is 19.3 Å². The Labute approximate surface area is 127 Å². The third-order valence-corrected chi connectivity index (χ3v) is 5.62. The third kappa shape index (κ3) is 3.89. The summed E-state index contributed by atoms with van der Waals surface area (Å²) in [5.41, 5.74) is 6.20. The Morgan fingerprint density at radius 1 is 1.14 bits per heavy atom. The fourth-order valence-corrected chi connectivity index (χ4v) is 4.28. The molecule has 0 unspecified atom stereocenters. The number of ether oxygens (including phenoxy) is 1. The average Bonchev–Trinajstić information content (AvgIpc) is 2.40. The molecule has 1 aliphatic rings. The minimum absolute atomic E-state index is 0.185. The van der Waals surface area contributed by atoms with Crippen molar-refractivity contribution in [1.29, 1.82) is 0 Å². The van der Waals surface area contributed by atoms with Gasteiger partial charge in [-0.05, 0) is 38.0 Å². The van der Waals surface area contributed by atoms with E-state index in [-0.39, 0.29) is 4.90 Å². The van der Waals surface area contributed by atoms with Gasteiger partial charge in [-0.25, -0.2) is 8.42 Å². The van der Waals surface area contributed by atoms with E-state index in [4.69, 9.17) is 10.5 Å². The average molecular weight is 312 g/mol. The van der Waals surface area contributed by atoms with Crippen molar-refractivity contribution in [3.05, 3.63) is 18.2 Å². The molecule has 2 N–H and O–H groups in total. The second kappa shape index (κ2) is 7.13. The Morgan fingerprint density at radius 2 is 1.76 bits per heavy atom. The minimum atomic E-state index is -3.55. The van der Waals surface area contributed by atoms with Crippen LogP contribution < -0.4 is 10.5 Å². The highest BCUT2D eigenvalue weighted by molar-refractivity contribution is 7.89. The summed E-state index contributed by atoms with van der Waals surface area (Å²) in [5, 5.41) is 0. The van der Waals surface area contributed by atoms with Gasteiger partial charge in [-0.15, -0.1) is 0 Å². The molecule has 0 saturated carbocycles. The van der Waals surface area contributed by atoms with Crippen molar-refractivity contribution in [3.8, 4) is 5.75 Å². The van der Waals surface area contributed by atoms with Crippen molar-refractivity contribution in [3.63, 3.8) is 0 Å². The molecule has 0 radical (unpaired) electrons. The van der Waals surface area contributed by atoms with E-state index in [1.165, 1.54) is 12.5 Å². The molecule has 1 fully saturated rings. The van der Waals surface area contributed by atoms with Gasteiger partial charge in [0, 0.05) is 18.8 Å². The summed E-state index contributed by atoms with van der Waals surface area (Å²) >= 11 is 0. The van der Waals surface area contributed by atoms with E-state index in [2.05, 4.69) is 0 Å². The number of rotatable bonds is 4. The minimum Gasteiger partial charge on any atom is -0.492 e. The van der Waals surface area contributed by atoms with Crippen molar-refractivity contribution in [1.82, 2.24) is 4.31 Å². The summed E-state index contributed by atoms with van der Waals surface area (Å²) in [6, 6.07) is 4.80. The van der Waals surface area contributed by atoms with Gasteiger partial charge < -0.3 is 10.5 Å². The molecule has 0 aromatic heterocycles. The summed E-state index contributed by atoms with van der Waals surface area (Å²) in [4.78, 5) is 0.185. The van der Waals surface area contributed by atoms with Crippen LogP contribution >= 0.6 is 0 Å². The fourth-order valence-electron chi connectivity index (χ4n) is 2.60. The number of nitrogens with two attached hydrogens (primary N) is 1. The van der Waals surface area contributed by atoms with E-state index in [1.54, 1.807) is 16.4 Å². The smallest absolute Gasteiger partial charge is 0.246 e. The van der Waals surface area contributed by atoms with Gasteiger partial charge in [0.25, 0.3) is 0 Å². The van der Waals surface area contributed by atoms with E-state index in [9.17, 15) is 8.42 Å². The molecule has 1 heterocycles. The molecule has 1 aromatic carbocycles. The molecule has 0 bridgehead atoms. The Kier molecular flexibility index (Phi) is 5.47. The molecule has 118 valence electrons. The van der Waals surface area contributed by atoms with Crippen LogP contribution in [0.1, 0.15) is 39.0 Å². The van der Waals surface area contributed by atoms with Crippen LogP contribution in [0.5, 0.6) is 5.75 Å². The van der Waals surface area contributed by atoms with Gasteiger partial charge in [0.05, 0.1) is 6.61 Å². The molecule has 1 saturated heterocycles. The normalized spacial score (nSPS) is 18.0. The molecular weight excluding hydrogens is 288 g/mol. The van der Waals surface area contributed by atoms with Crippen LogP contribution in [0.25, 0.3) is 0 Å².